The van der Waals surface area contributed by atoms with E-state index >= 15 is 0 Å². The second-order valence-corrected chi connectivity index (χ2v) is 3.64. The van der Waals surface area contributed by atoms with Crippen LogP contribution in [0, 0.1) is 0 Å². The SMILES string of the molecule is Nn1cnc2c1c1cccnc1n1nnnc21. The average molecular weight is 226 g/mol. The Hall–Kier alpha value is -2.77. The summed E-state index contributed by atoms with van der Waals surface area (Å²) in [5.74, 6) is 5.85. The first-order valence-electron chi connectivity index (χ1n) is 4.93. The van der Waals surface area contributed by atoms with E-state index in [0.29, 0.717) is 16.8 Å². The minimum atomic E-state index is 0.551. The number of fused-ring (bicyclic) bond motifs is 6. The molecule has 0 aromatic carbocycles. The third kappa shape index (κ3) is 0.893. The van der Waals surface area contributed by atoms with Gasteiger partial charge in [-0.25, -0.2) is 14.6 Å². The molecule has 0 fully saturated rings. The van der Waals surface area contributed by atoms with E-state index in [-0.39, 0.29) is 0 Å². The molecule has 0 aliphatic heterocycles. The van der Waals surface area contributed by atoms with Gasteiger partial charge in [-0.2, -0.15) is 4.52 Å². The zero-order chi connectivity index (χ0) is 11.4. The molecular formula is C9H6N8. The van der Waals surface area contributed by atoms with Crippen LogP contribution in [0.2, 0.25) is 0 Å². The number of rotatable bonds is 0. The number of hydrogen-bond acceptors (Lipinski definition) is 6. The van der Waals surface area contributed by atoms with Crippen molar-refractivity contribution in [2.75, 3.05) is 5.84 Å². The highest BCUT2D eigenvalue weighted by Gasteiger charge is 2.15. The van der Waals surface area contributed by atoms with Crippen LogP contribution < -0.4 is 5.84 Å². The molecule has 0 bridgehead atoms. The van der Waals surface area contributed by atoms with Gasteiger partial charge < -0.3 is 5.84 Å². The van der Waals surface area contributed by atoms with Gasteiger partial charge in [0.1, 0.15) is 17.4 Å². The van der Waals surface area contributed by atoms with Gasteiger partial charge in [0.25, 0.3) is 0 Å². The number of nitrogen functional groups attached to an aromatic ring is 1. The van der Waals surface area contributed by atoms with Crippen LogP contribution in [0.3, 0.4) is 0 Å². The fourth-order valence-electron chi connectivity index (χ4n) is 2.02. The maximum absolute atomic E-state index is 5.85. The lowest BCUT2D eigenvalue weighted by Gasteiger charge is -2.02. The summed E-state index contributed by atoms with van der Waals surface area (Å²) in [5.41, 5.74) is 2.65. The Labute approximate surface area is 93.6 Å². The lowest BCUT2D eigenvalue weighted by Crippen LogP contribution is -2.06. The summed E-state index contributed by atoms with van der Waals surface area (Å²) in [5, 5.41) is 12.4. The maximum Gasteiger partial charge on any atom is 0.209 e. The number of tetrazole rings is 1. The van der Waals surface area contributed by atoms with Gasteiger partial charge in [-0.15, -0.1) is 5.10 Å². The van der Waals surface area contributed by atoms with E-state index in [9.17, 15) is 0 Å². The van der Waals surface area contributed by atoms with Gasteiger partial charge in [0, 0.05) is 11.6 Å². The molecule has 4 heterocycles. The van der Waals surface area contributed by atoms with Crippen LogP contribution >= 0.6 is 0 Å². The van der Waals surface area contributed by atoms with Crippen molar-refractivity contribution >= 4 is 27.7 Å². The minimum Gasteiger partial charge on any atom is -0.338 e. The first-order chi connectivity index (χ1) is 8.36. The van der Waals surface area contributed by atoms with Crippen LogP contribution in [0.15, 0.2) is 24.7 Å². The molecule has 0 saturated heterocycles. The van der Waals surface area contributed by atoms with Crippen LogP contribution in [-0.4, -0.2) is 34.7 Å². The second kappa shape index (κ2) is 2.67. The third-order valence-corrected chi connectivity index (χ3v) is 2.72. The minimum absolute atomic E-state index is 0.551. The van der Waals surface area contributed by atoms with E-state index in [0.717, 1.165) is 10.9 Å². The normalized spacial score (nSPS) is 11.8. The topological polar surface area (TPSA) is 99.8 Å². The van der Waals surface area contributed by atoms with Crippen LogP contribution in [0.25, 0.3) is 27.7 Å². The highest BCUT2D eigenvalue weighted by Crippen LogP contribution is 2.24. The van der Waals surface area contributed by atoms with Gasteiger partial charge in [-0.05, 0) is 22.6 Å². The molecule has 2 N–H and O–H groups in total. The Kier molecular flexibility index (Phi) is 1.32. The molecule has 0 atom stereocenters. The third-order valence-electron chi connectivity index (χ3n) is 2.72. The molecule has 8 heteroatoms. The Balaban J connectivity index is 2.50. The Morgan fingerprint density at radius 3 is 3.06 bits per heavy atom. The van der Waals surface area contributed by atoms with Gasteiger partial charge in [0.05, 0.1) is 0 Å². The van der Waals surface area contributed by atoms with E-state index in [4.69, 9.17) is 5.84 Å². The van der Waals surface area contributed by atoms with Gasteiger partial charge >= 0.3 is 0 Å². The van der Waals surface area contributed by atoms with Crippen molar-refractivity contribution in [2.24, 2.45) is 0 Å². The summed E-state index contributed by atoms with van der Waals surface area (Å²) in [6, 6.07) is 3.75. The molecule has 82 valence electrons. The zero-order valence-corrected chi connectivity index (χ0v) is 8.52. The zero-order valence-electron chi connectivity index (χ0n) is 8.52. The molecule has 0 radical (unpaired) electrons. The van der Waals surface area contributed by atoms with Gasteiger partial charge in [0.15, 0.2) is 5.65 Å². The average Bonchev–Trinajstić information content (AvgIpc) is 2.96. The molecule has 8 nitrogen and oxygen atoms in total. The summed E-state index contributed by atoms with van der Waals surface area (Å²) in [6.45, 7) is 0. The predicted molar refractivity (Wildman–Crippen MR) is 59.5 cm³/mol. The highest BCUT2D eigenvalue weighted by molar-refractivity contribution is 6.06. The summed E-state index contributed by atoms with van der Waals surface area (Å²) in [7, 11) is 0. The number of nitrogens with two attached hydrogens (primary N) is 1. The van der Waals surface area contributed by atoms with Gasteiger partial charge in [0.2, 0.25) is 5.65 Å². The first kappa shape index (κ1) is 8.39. The predicted octanol–water partition coefficient (Wildman–Crippen LogP) is -0.264. The number of aromatic nitrogens is 7. The fourth-order valence-corrected chi connectivity index (χ4v) is 2.02. The van der Waals surface area contributed by atoms with Crippen molar-refractivity contribution in [3.05, 3.63) is 24.7 Å². The molecule has 4 aromatic heterocycles. The summed E-state index contributed by atoms with van der Waals surface area (Å²) >= 11 is 0. The number of hydrogen-bond donors (Lipinski definition) is 1. The molecule has 0 saturated carbocycles. The van der Waals surface area contributed by atoms with Crippen molar-refractivity contribution in [3.63, 3.8) is 0 Å². The molecule has 4 rings (SSSR count). The summed E-state index contributed by atoms with van der Waals surface area (Å²) in [4.78, 5) is 8.49. The molecule has 0 spiro atoms. The number of imidazole rings is 1. The monoisotopic (exact) mass is 226 g/mol. The quantitative estimate of drug-likeness (QED) is 0.414. The lowest BCUT2D eigenvalue weighted by atomic mass is 10.2. The Morgan fingerprint density at radius 2 is 2.12 bits per heavy atom. The first-order valence-corrected chi connectivity index (χ1v) is 4.93. The van der Waals surface area contributed by atoms with Crippen LogP contribution in [0.5, 0.6) is 0 Å². The molecule has 0 aliphatic carbocycles. The van der Waals surface area contributed by atoms with Crippen molar-refractivity contribution in [1.82, 2.24) is 34.7 Å². The van der Waals surface area contributed by atoms with E-state index in [1.807, 2.05) is 12.1 Å². The van der Waals surface area contributed by atoms with Gasteiger partial charge in [-0.1, -0.05) is 0 Å². The molecule has 0 amide bonds. The summed E-state index contributed by atoms with van der Waals surface area (Å²) < 4.78 is 3.01. The highest BCUT2D eigenvalue weighted by atomic mass is 15.5. The van der Waals surface area contributed by atoms with E-state index < -0.39 is 0 Å². The standard InChI is InChI=1S/C9H6N8/c10-16-4-12-6-7(16)5-2-1-3-11-8(5)17-9(6)13-14-15-17/h1-4H,10H2. The molecule has 0 aliphatic rings. The molecule has 17 heavy (non-hydrogen) atoms. The van der Waals surface area contributed by atoms with E-state index in [1.54, 1.807) is 10.7 Å². The lowest BCUT2D eigenvalue weighted by molar-refractivity contribution is 0.835. The van der Waals surface area contributed by atoms with Crippen molar-refractivity contribution in [2.45, 2.75) is 0 Å². The number of nitrogens with zero attached hydrogens (tertiary/aromatic N) is 7. The van der Waals surface area contributed by atoms with E-state index in [2.05, 4.69) is 25.5 Å². The Morgan fingerprint density at radius 1 is 1.18 bits per heavy atom. The Bertz CT molecular complexity index is 857. The van der Waals surface area contributed by atoms with Crippen molar-refractivity contribution in [3.8, 4) is 0 Å². The largest absolute Gasteiger partial charge is 0.338 e. The van der Waals surface area contributed by atoms with Gasteiger partial charge in [-0.3, -0.25) is 0 Å². The molecule has 4 aromatic rings. The maximum atomic E-state index is 5.85. The fraction of sp³-hybridized carbons (Fsp3) is 0. The summed E-state index contributed by atoms with van der Waals surface area (Å²) in [6.07, 6.45) is 3.22. The van der Waals surface area contributed by atoms with E-state index in [1.165, 1.54) is 11.0 Å². The smallest absolute Gasteiger partial charge is 0.209 e. The molecular weight excluding hydrogens is 220 g/mol. The second-order valence-electron chi connectivity index (χ2n) is 3.64. The van der Waals surface area contributed by atoms with Crippen molar-refractivity contribution in [1.29, 1.82) is 0 Å². The van der Waals surface area contributed by atoms with Crippen LogP contribution in [0.1, 0.15) is 0 Å². The molecule has 0 unspecified atom stereocenters. The van der Waals surface area contributed by atoms with Crippen LogP contribution in [-0.2, 0) is 0 Å². The van der Waals surface area contributed by atoms with Crippen LogP contribution in [0.4, 0.5) is 0 Å². The number of pyridine rings is 2. The van der Waals surface area contributed by atoms with Crippen molar-refractivity contribution < 1.29 is 0 Å².